The molecule has 0 aromatic rings. The smallest absolute Gasteiger partial charge is 0.118 e. The number of hydrogen-bond donors (Lipinski definition) is 2. The lowest BCUT2D eigenvalue weighted by Crippen LogP contribution is -2.42. The minimum Gasteiger partial charge on any atom is -0.392 e. The highest BCUT2D eigenvalue weighted by molar-refractivity contribution is 5.44. The lowest BCUT2D eigenvalue weighted by atomic mass is 9.68. The van der Waals surface area contributed by atoms with Gasteiger partial charge in [0.2, 0.25) is 0 Å². The summed E-state index contributed by atoms with van der Waals surface area (Å²) < 4.78 is 5.88. The van der Waals surface area contributed by atoms with Crippen molar-refractivity contribution in [2.45, 2.75) is 57.5 Å². The van der Waals surface area contributed by atoms with Crippen LogP contribution in [-0.2, 0) is 4.74 Å². The van der Waals surface area contributed by atoms with Crippen molar-refractivity contribution in [1.82, 2.24) is 0 Å². The lowest BCUT2D eigenvalue weighted by molar-refractivity contribution is -0.0120. The van der Waals surface area contributed by atoms with Crippen LogP contribution in [0, 0.1) is 22.7 Å². The highest BCUT2D eigenvalue weighted by Gasteiger charge is 2.84. The van der Waals surface area contributed by atoms with E-state index in [2.05, 4.69) is 27.4 Å². The standard InChI is InChI=1S/C15H22O3/c1-7-10(16)12-15(18-12)6-8-5-13(2,3)11(17)9(8)14(7,15)4/h8-12,16-17H,1,5-6H2,2-4H3/t8-,9+,10-,11-,12-,14+,15?/m1/s1. The van der Waals surface area contributed by atoms with E-state index in [0.717, 1.165) is 18.4 Å². The zero-order valence-corrected chi connectivity index (χ0v) is 11.3. The second-order valence-electron chi connectivity index (χ2n) is 7.73. The Hall–Kier alpha value is -0.380. The Morgan fingerprint density at radius 1 is 1.22 bits per heavy atom. The highest BCUT2D eigenvalue weighted by atomic mass is 16.6. The average Bonchev–Trinajstić information content (AvgIpc) is 2.84. The fourth-order valence-electron chi connectivity index (χ4n) is 5.61. The number of epoxide rings is 1. The van der Waals surface area contributed by atoms with Crippen molar-refractivity contribution in [1.29, 1.82) is 0 Å². The summed E-state index contributed by atoms with van der Waals surface area (Å²) in [7, 11) is 0. The van der Waals surface area contributed by atoms with Crippen LogP contribution in [0.2, 0.25) is 0 Å². The molecule has 1 aliphatic heterocycles. The Bertz CT molecular complexity index is 457. The van der Waals surface area contributed by atoms with Gasteiger partial charge in [0.15, 0.2) is 0 Å². The number of hydrogen-bond acceptors (Lipinski definition) is 3. The van der Waals surface area contributed by atoms with Crippen LogP contribution in [0.3, 0.4) is 0 Å². The molecular formula is C15H22O3. The number of aliphatic hydroxyl groups excluding tert-OH is 2. The molecular weight excluding hydrogens is 228 g/mol. The molecule has 4 aliphatic rings. The van der Waals surface area contributed by atoms with Crippen LogP contribution in [0.1, 0.15) is 33.6 Å². The van der Waals surface area contributed by atoms with E-state index in [1.165, 1.54) is 0 Å². The quantitative estimate of drug-likeness (QED) is 0.506. The van der Waals surface area contributed by atoms with Crippen molar-refractivity contribution >= 4 is 0 Å². The molecule has 3 saturated carbocycles. The number of rotatable bonds is 0. The molecule has 1 unspecified atom stereocenters. The second-order valence-corrected chi connectivity index (χ2v) is 7.73. The van der Waals surface area contributed by atoms with Gasteiger partial charge in [0.1, 0.15) is 17.8 Å². The summed E-state index contributed by atoms with van der Waals surface area (Å²) in [6.45, 7) is 10.6. The summed E-state index contributed by atoms with van der Waals surface area (Å²) in [4.78, 5) is 0. The van der Waals surface area contributed by atoms with Crippen LogP contribution < -0.4 is 0 Å². The van der Waals surface area contributed by atoms with Gasteiger partial charge in [0.05, 0.1) is 6.10 Å². The molecule has 0 aromatic carbocycles. The third-order valence-corrected chi connectivity index (χ3v) is 6.60. The molecule has 3 heteroatoms. The van der Waals surface area contributed by atoms with E-state index in [4.69, 9.17) is 4.74 Å². The van der Waals surface area contributed by atoms with Crippen molar-refractivity contribution in [2.75, 3.05) is 0 Å². The molecule has 4 fully saturated rings. The predicted molar refractivity (Wildman–Crippen MR) is 66.9 cm³/mol. The molecule has 2 N–H and O–H groups in total. The third-order valence-electron chi connectivity index (χ3n) is 6.60. The van der Waals surface area contributed by atoms with Gasteiger partial charge in [-0.1, -0.05) is 27.4 Å². The molecule has 18 heavy (non-hydrogen) atoms. The molecule has 100 valence electrons. The molecule has 1 saturated heterocycles. The van der Waals surface area contributed by atoms with Crippen LogP contribution in [0.25, 0.3) is 0 Å². The molecule has 0 amide bonds. The Morgan fingerprint density at radius 3 is 2.56 bits per heavy atom. The van der Waals surface area contributed by atoms with E-state index in [1.54, 1.807) is 0 Å². The fourth-order valence-corrected chi connectivity index (χ4v) is 5.61. The van der Waals surface area contributed by atoms with E-state index in [-0.39, 0.29) is 34.6 Å². The maximum absolute atomic E-state index is 10.7. The molecule has 3 aliphatic carbocycles. The summed E-state index contributed by atoms with van der Waals surface area (Å²) in [6, 6.07) is 0. The zero-order valence-electron chi connectivity index (χ0n) is 11.3. The second kappa shape index (κ2) is 2.72. The first-order chi connectivity index (χ1) is 8.26. The summed E-state index contributed by atoms with van der Waals surface area (Å²) >= 11 is 0. The Balaban J connectivity index is 1.83. The summed E-state index contributed by atoms with van der Waals surface area (Å²) in [5, 5.41) is 20.9. The fraction of sp³-hybridized carbons (Fsp3) is 0.867. The summed E-state index contributed by atoms with van der Waals surface area (Å²) in [5.41, 5.74) is 0.409. The van der Waals surface area contributed by atoms with Gasteiger partial charge in [-0.25, -0.2) is 0 Å². The first kappa shape index (κ1) is 11.4. The van der Waals surface area contributed by atoms with Gasteiger partial charge in [-0.2, -0.15) is 0 Å². The molecule has 0 aromatic heterocycles. The van der Waals surface area contributed by atoms with E-state index >= 15 is 0 Å². The van der Waals surface area contributed by atoms with Crippen LogP contribution >= 0.6 is 0 Å². The Morgan fingerprint density at radius 2 is 1.89 bits per heavy atom. The maximum Gasteiger partial charge on any atom is 0.118 e. The number of ether oxygens (including phenoxy) is 1. The van der Waals surface area contributed by atoms with Gasteiger partial charge in [0, 0.05) is 11.3 Å². The monoisotopic (exact) mass is 250 g/mol. The van der Waals surface area contributed by atoms with Crippen LogP contribution in [-0.4, -0.2) is 34.1 Å². The highest BCUT2D eigenvalue weighted by Crippen LogP contribution is 2.77. The van der Waals surface area contributed by atoms with E-state index in [0.29, 0.717) is 5.92 Å². The SMILES string of the molecule is C=C1[C@@H](O)[C@H]2OC23C[C@H]2CC(C)(C)[C@H](O)[C@H]2[C@]13C. The van der Waals surface area contributed by atoms with Crippen molar-refractivity contribution in [3.63, 3.8) is 0 Å². The molecule has 1 spiro atoms. The minimum absolute atomic E-state index is 0.0296. The van der Waals surface area contributed by atoms with Crippen molar-refractivity contribution in [3.8, 4) is 0 Å². The zero-order chi connectivity index (χ0) is 13.1. The average molecular weight is 250 g/mol. The molecule has 0 bridgehead atoms. The van der Waals surface area contributed by atoms with Gasteiger partial charge in [-0.3, -0.25) is 0 Å². The largest absolute Gasteiger partial charge is 0.392 e. The first-order valence-corrected chi connectivity index (χ1v) is 6.99. The van der Waals surface area contributed by atoms with Gasteiger partial charge in [0.25, 0.3) is 0 Å². The van der Waals surface area contributed by atoms with Crippen molar-refractivity contribution in [2.24, 2.45) is 22.7 Å². The summed E-state index contributed by atoms with van der Waals surface area (Å²) in [6.07, 6.45) is 1.12. The van der Waals surface area contributed by atoms with Crippen LogP contribution in [0.15, 0.2) is 12.2 Å². The van der Waals surface area contributed by atoms with Gasteiger partial charge < -0.3 is 14.9 Å². The number of aliphatic hydroxyl groups is 2. The van der Waals surface area contributed by atoms with Gasteiger partial charge >= 0.3 is 0 Å². The minimum atomic E-state index is -0.535. The molecule has 0 radical (unpaired) electrons. The molecule has 1 heterocycles. The normalized spacial score (nSPS) is 63.6. The van der Waals surface area contributed by atoms with Crippen LogP contribution in [0.5, 0.6) is 0 Å². The van der Waals surface area contributed by atoms with E-state index in [1.807, 2.05) is 0 Å². The maximum atomic E-state index is 10.7. The van der Waals surface area contributed by atoms with Crippen LogP contribution in [0.4, 0.5) is 0 Å². The Labute approximate surface area is 108 Å². The predicted octanol–water partition coefficient (Wildman–Crippen LogP) is 1.49. The molecule has 3 nitrogen and oxygen atoms in total. The van der Waals surface area contributed by atoms with Crippen molar-refractivity contribution in [3.05, 3.63) is 12.2 Å². The van der Waals surface area contributed by atoms with E-state index < -0.39 is 6.10 Å². The summed E-state index contributed by atoms with van der Waals surface area (Å²) in [5.74, 6) is 0.705. The van der Waals surface area contributed by atoms with Gasteiger partial charge in [-0.15, -0.1) is 0 Å². The third kappa shape index (κ3) is 0.879. The first-order valence-electron chi connectivity index (χ1n) is 6.99. The molecule has 7 atom stereocenters. The van der Waals surface area contributed by atoms with Gasteiger partial charge in [-0.05, 0) is 29.7 Å². The topological polar surface area (TPSA) is 53.0 Å². The number of fused-ring (bicyclic) bond motifs is 2. The Kier molecular flexibility index (Phi) is 1.73. The van der Waals surface area contributed by atoms with E-state index in [9.17, 15) is 10.2 Å². The lowest BCUT2D eigenvalue weighted by Gasteiger charge is -2.39. The molecule has 4 rings (SSSR count). The van der Waals surface area contributed by atoms with Crippen molar-refractivity contribution < 1.29 is 14.9 Å².